The topological polar surface area (TPSA) is 0 Å². The SMILES string of the molecule is Fc1cc(F)c2cc(Br)ccc2c1F. The average molecular weight is 261 g/mol. The Balaban J connectivity index is 2.94. The van der Waals surface area contributed by atoms with Crippen LogP contribution in [0.5, 0.6) is 0 Å². The molecule has 0 saturated carbocycles. The largest absolute Gasteiger partial charge is 0.206 e. The van der Waals surface area contributed by atoms with Crippen LogP contribution >= 0.6 is 15.9 Å². The zero-order chi connectivity index (χ0) is 10.3. The van der Waals surface area contributed by atoms with Crippen molar-refractivity contribution in [2.45, 2.75) is 0 Å². The lowest BCUT2D eigenvalue weighted by Gasteiger charge is -2.02. The normalized spacial score (nSPS) is 10.9. The van der Waals surface area contributed by atoms with Crippen LogP contribution in [0.15, 0.2) is 28.7 Å². The lowest BCUT2D eigenvalue weighted by Crippen LogP contribution is -1.90. The molecular weight excluding hydrogens is 257 g/mol. The van der Waals surface area contributed by atoms with Crippen molar-refractivity contribution < 1.29 is 13.2 Å². The Labute approximate surface area is 86.5 Å². The third-order valence-corrected chi connectivity index (χ3v) is 2.43. The molecule has 0 spiro atoms. The van der Waals surface area contributed by atoms with E-state index < -0.39 is 17.5 Å². The zero-order valence-corrected chi connectivity index (χ0v) is 8.41. The van der Waals surface area contributed by atoms with Crippen molar-refractivity contribution in [1.29, 1.82) is 0 Å². The summed E-state index contributed by atoms with van der Waals surface area (Å²) in [5.41, 5.74) is 0. The molecule has 0 aliphatic carbocycles. The zero-order valence-electron chi connectivity index (χ0n) is 6.82. The number of hydrogen-bond donors (Lipinski definition) is 0. The van der Waals surface area contributed by atoms with Crippen molar-refractivity contribution >= 4 is 26.7 Å². The minimum Gasteiger partial charge on any atom is -0.206 e. The Morgan fingerprint density at radius 1 is 0.857 bits per heavy atom. The fourth-order valence-corrected chi connectivity index (χ4v) is 1.65. The first-order valence-corrected chi connectivity index (χ1v) is 4.61. The minimum absolute atomic E-state index is 0.0503. The van der Waals surface area contributed by atoms with Crippen LogP contribution in [0, 0.1) is 17.5 Å². The monoisotopic (exact) mass is 260 g/mol. The van der Waals surface area contributed by atoms with Crippen LogP contribution in [0.4, 0.5) is 13.2 Å². The standard InChI is InChI=1S/C10H4BrF3/c11-5-1-2-6-7(3-5)8(12)4-9(13)10(6)14/h1-4H. The van der Waals surface area contributed by atoms with E-state index >= 15 is 0 Å². The Kier molecular flexibility index (Phi) is 2.23. The summed E-state index contributed by atoms with van der Waals surface area (Å²) < 4.78 is 39.7. The molecule has 4 heteroatoms. The smallest absolute Gasteiger partial charge is 0.166 e. The van der Waals surface area contributed by atoms with E-state index in [2.05, 4.69) is 15.9 Å². The van der Waals surface area contributed by atoms with Gasteiger partial charge in [-0.3, -0.25) is 0 Å². The number of rotatable bonds is 0. The highest BCUT2D eigenvalue weighted by Gasteiger charge is 2.11. The number of hydrogen-bond acceptors (Lipinski definition) is 0. The maximum atomic E-state index is 13.2. The van der Waals surface area contributed by atoms with E-state index in [1.807, 2.05) is 0 Å². The van der Waals surface area contributed by atoms with Crippen LogP contribution in [0.1, 0.15) is 0 Å². The van der Waals surface area contributed by atoms with Gasteiger partial charge in [0.25, 0.3) is 0 Å². The number of halogens is 4. The van der Waals surface area contributed by atoms with E-state index in [0.29, 0.717) is 10.5 Å². The molecule has 0 N–H and O–H groups in total. The molecule has 14 heavy (non-hydrogen) atoms. The van der Waals surface area contributed by atoms with Gasteiger partial charge in [0.15, 0.2) is 11.6 Å². The van der Waals surface area contributed by atoms with Gasteiger partial charge in [0.2, 0.25) is 0 Å². The summed E-state index contributed by atoms with van der Waals surface area (Å²) in [6.07, 6.45) is 0. The molecule has 0 nitrogen and oxygen atoms in total. The highest BCUT2D eigenvalue weighted by molar-refractivity contribution is 9.10. The third kappa shape index (κ3) is 1.39. The van der Waals surface area contributed by atoms with E-state index in [0.717, 1.165) is 0 Å². The van der Waals surface area contributed by atoms with Gasteiger partial charge in [-0.25, -0.2) is 13.2 Å². The maximum absolute atomic E-state index is 13.2. The van der Waals surface area contributed by atoms with Crippen LogP contribution in [0.25, 0.3) is 10.8 Å². The predicted molar refractivity (Wildman–Crippen MR) is 51.5 cm³/mol. The maximum Gasteiger partial charge on any atom is 0.166 e. The van der Waals surface area contributed by atoms with Crippen LogP contribution in [0.2, 0.25) is 0 Å². The van der Waals surface area contributed by atoms with Crippen molar-refractivity contribution in [2.24, 2.45) is 0 Å². The van der Waals surface area contributed by atoms with E-state index in [9.17, 15) is 13.2 Å². The van der Waals surface area contributed by atoms with Gasteiger partial charge in [-0.1, -0.05) is 22.0 Å². The molecule has 0 saturated heterocycles. The molecule has 0 fully saturated rings. The van der Waals surface area contributed by atoms with Gasteiger partial charge in [-0.15, -0.1) is 0 Å². The minimum atomic E-state index is -1.17. The average Bonchev–Trinajstić information content (AvgIpc) is 2.14. The van der Waals surface area contributed by atoms with E-state index in [1.54, 1.807) is 0 Å². The second-order valence-electron chi connectivity index (χ2n) is 2.84. The second-order valence-corrected chi connectivity index (χ2v) is 3.76. The molecule has 0 amide bonds. The molecular formula is C10H4BrF3. The Morgan fingerprint density at radius 3 is 2.29 bits per heavy atom. The molecule has 2 aromatic carbocycles. The van der Waals surface area contributed by atoms with E-state index in [-0.39, 0.29) is 10.8 Å². The van der Waals surface area contributed by atoms with Crippen LogP contribution < -0.4 is 0 Å². The molecule has 0 heterocycles. The highest BCUT2D eigenvalue weighted by atomic mass is 79.9. The van der Waals surface area contributed by atoms with Crippen LogP contribution in [-0.2, 0) is 0 Å². The van der Waals surface area contributed by atoms with Crippen molar-refractivity contribution in [2.75, 3.05) is 0 Å². The summed E-state index contributed by atoms with van der Waals surface area (Å²) in [5, 5.41) is 0.0176. The molecule has 2 aromatic rings. The molecule has 0 aliphatic rings. The predicted octanol–water partition coefficient (Wildman–Crippen LogP) is 4.02. The molecule has 0 atom stereocenters. The molecule has 0 aliphatic heterocycles. The lowest BCUT2D eigenvalue weighted by atomic mass is 10.1. The lowest BCUT2D eigenvalue weighted by molar-refractivity contribution is 0.506. The van der Waals surface area contributed by atoms with Gasteiger partial charge in [0, 0.05) is 21.3 Å². The first-order chi connectivity index (χ1) is 6.59. The summed E-state index contributed by atoms with van der Waals surface area (Å²) >= 11 is 3.13. The first kappa shape index (κ1) is 9.52. The van der Waals surface area contributed by atoms with Crippen LogP contribution in [-0.4, -0.2) is 0 Å². The van der Waals surface area contributed by atoms with Gasteiger partial charge in [0.1, 0.15) is 5.82 Å². The molecule has 0 aromatic heterocycles. The summed E-state index contributed by atoms with van der Waals surface area (Å²) in [5.74, 6) is -2.95. The summed E-state index contributed by atoms with van der Waals surface area (Å²) in [4.78, 5) is 0. The second kappa shape index (κ2) is 3.28. The fourth-order valence-electron chi connectivity index (χ4n) is 1.29. The van der Waals surface area contributed by atoms with Crippen LogP contribution in [0.3, 0.4) is 0 Å². The molecule has 0 radical (unpaired) electrons. The molecule has 2 rings (SSSR count). The molecule has 0 unspecified atom stereocenters. The van der Waals surface area contributed by atoms with E-state index in [4.69, 9.17) is 0 Å². The summed E-state index contributed by atoms with van der Waals surface area (Å²) in [6, 6.07) is 4.82. The summed E-state index contributed by atoms with van der Waals surface area (Å²) in [6.45, 7) is 0. The molecule has 72 valence electrons. The van der Waals surface area contributed by atoms with Gasteiger partial charge in [-0.2, -0.15) is 0 Å². The van der Waals surface area contributed by atoms with Gasteiger partial charge in [-0.05, 0) is 12.1 Å². The third-order valence-electron chi connectivity index (χ3n) is 1.94. The first-order valence-electron chi connectivity index (χ1n) is 3.82. The highest BCUT2D eigenvalue weighted by Crippen LogP contribution is 2.26. The van der Waals surface area contributed by atoms with Gasteiger partial charge in [0.05, 0.1) is 0 Å². The fraction of sp³-hybridized carbons (Fsp3) is 0. The Bertz CT molecular complexity index is 508. The Hall–Kier alpha value is -1.03. The van der Waals surface area contributed by atoms with Crippen molar-refractivity contribution in [3.05, 3.63) is 46.2 Å². The van der Waals surface area contributed by atoms with Crippen molar-refractivity contribution in [3.8, 4) is 0 Å². The Morgan fingerprint density at radius 2 is 1.57 bits per heavy atom. The van der Waals surface area contributed by atoms with Crippen molar-refractivity contribution in [3.63, 3.8) is 0 Å². The van der Waals surface area contributed by atoms with E-state index in [1.165, 1.54) is 18.2 Å². The van der Waals surface area contributed by atoms with Crippen molar-refractivity contribution in [1.82, 2.24) is 0 Å². The summed E-state index contributed by atoms with van der Waals surface area (Å²) in [7, 11) is 0. The van der Waals surface area contributed by atoms with Gasteiger partial charge < -0.3 is 0 Å². The quantitative estimate of drug-likeness (QED) is 0.628. The number of fused-ring (bicyclic) bond motifs is 1. The number of benzene rings is 2. The van der Waals surface area contributed by atoms with Gasteiger partial charge >= 0.3 is 0 Å². The molecule has 0 bridgehead atoms.